The highest BCUT2D eigenvalue weighted by atomic mass is 35.5. The molecule has 0 saturated carbocycles. The van der Waals surface area contributed by atoms with Crippen molar-refractivity contribution < 1.29 is 8.42 Å². The molecule has 2 rings (SSSR count). The summed E-state index contributed by atoms with van der Waals surface area (Å²) >= 11 is 8.07. The summed E-state index contributed by atoms with van der Waals surface area (Å²) in [6.07, 6.45) is 1.26. The number of thiazole rings is 1. The largest absolute Gasteiger partial charge is 0.252 e. The fraction of sp³-hybridized carbons (Fsp3) is 0.222. The highest BCUT2D eigenvalue weighted by molar-refractivity contribution is 7.91. The van der Waals surface area contributed by atoms with E-state index in [1.54, 1.807) is 6.92 Å². The molecular weight excluding hydrogens is 300 g/mol. The highest BCUT2D eigenvalue weighted by Gasteiger charge is 2.21. The van der Waals surface area contributed by atoms with Crippen LogP contribution in [0.15, 0.2) is 27.9 Å². The molecule has 2 aromatic rings. The van der Waals surface area contributed by atoms with Crippen molar-refractivity contribution >= 4 is 44.3 Å². The van der Waals surface area contributed by atoms with Gasteiger partial charge in [-0.2, -0.15) is 0 Å². The minimum absolute atomic E-state index is 0.130. The molecule has 0 bridgehead atoms. The first-order valence-electron chi connectivity index (χ1n) is 4.66. The monoisotopic (exact) mass is 308 g/mol. The van der Waals surface area contributed by atoms with Gasteiger partial charge in [-0.3, -0.25) is 0 Å². The molecule has 17 heavy (non-hydrogen) atoms. The molecule has 0 spiro atoms. The highest BCUT2D eigenvalue weighted by Crippen LogP contribution is 2.25. The van der Waals surface area contributed by atoms with Gasteiger partial charge < -0.3 is 0 Å². The van der Waals surface area contributed by atoms with E-state index in [1.165, 1.54) is 17.5 Å². The first-order valence-corrected chi connectivity index (χ1v) is 8.22. The summed E-state index contributed by atoms with van der Waals surface area (Å²) < 4.78 is 26.8. The third-order valence-electron chi connectivity index (χ3n) is 2.02. The second-order valence-corrected chi connectivity index (χ2v) is 7.82. The van der Waals surface area contributed by atoms with Crippen molar-refractivity contribution in [3.8, 4) is 0 Å². The summed E-state index contributed by atoms with van der Waals surface area (Å²) in [5.74, 6) is 0. The normalized spacial score (nSPS) is 13.8. The van der Waals surface area contributed by atoms with Crippen molar-refractivity contribution in [1.29, 1.82) is 0 Å². The maximum atomic E-state index is 12.0. The zero-order valence-corrected chi connectivity index (χ0v) is 12.0. The van der Waals surface area contributed by atoms with Crippen molar-refractivity contribution in [2.75, 3.05) is 0 Å². The van der Waals surface area contributed by atoms with Gasteiger partial charge in [0, 0.05) is 4.88 Å². The van der Waals surface area contributed by atoms with Gasteiger partial charge >= 0.3 is 0 Å². The standard InChI is InChI=1S/C9H9ClN2O2S3/c1-6(7-3-2-4-15-7)12-17(13,14)8-5-11-9(10)16-8/h2-6,12H,1H3. The second kappa shape index (κ2) is 5.03. The number of nitrogens with zero attached hydrogens (tertiary/aromatic N) is 1. The summed E-state index contributed by atoms with van der Waals surface area (Å²) in [6, 6.07) is 3.51. The molecule has 8 heteroatoms. The number of aromatic nitrogens is 1. The summed E-state index contributed by atoms with van der Waals surface area (Å²) in [5.41, 5.74) is 0. The topological polar surface area (TPSA) is 59.1 Å². The Balaban J connectivity index is 2.18. The molecule has 2 aromatic heterocycles. The van der Waals surface area contributed by atoms with Crippen LogP contribution in [-0.4, -0.2) is 13.4 Å². The Kier molecular flexibility index (Phi) is 3.84. The molecule has 0 aliphatic heterocycles. The number of sulfonamides is 1. The molecule has 92 valence electrons. The number of nitrogens with one attached hydrogen (secondary N) is 1. The van der Waals surface area contributed by atoms with E-state index >= 15 is 0 Å². The maximum absolute atomic E-state index is 12.0. The van der Waals surface area contributed by atoms with Crippen LogP contribution in [0.1, 0.15) is 17.8 Å². The Morgan fingerprint density at radius 1 is 1.53 bits per heavy atom. The van der Waals surface area contributed by atoms with Crippen LogP contribution < -0.4 is 4.72 Å². The summed E-state index contributed by atoms with van der Waals surface area (Å²) in [4.78, 5) is 4.68. The van der Waals surface area contributed by atoms with Gasteiger partial charge in [0.25, 0.3) is 10.0 Å². The predicted octanol–water partition coefficient (Wildman–Crippen LogP) is 2.90. The molecule has 0 aromatic carbocycles. The summed E-state index contributed by atoms with van der Waals surface area (Å²) in [6.45, 7) is 1.80. The van der Waals surface area contributed by atoms with E-state index < -0.39 is 10.0 Å². The zero-order chi connectivity index (χ0) is 12.5. The lowest BCUT2D eigenvalue weighted by Crippen LogP contribution is -2.25. The first-order chi connectivity index (χ1) is 7.99. The molecule has 2 heterocycles. The van der Waals surface area contributed by atoms with Crippen LogP contribution in [-0.2, 0) is 10.0 Å². The average Bonchev–Trinajstić information content (AvgIpc) is 2.86. The fourth-order valence-corrected chi connectivity index (χ4v) is 4.59. The second-order valence-electron chi connectivity index (χ2n) is 3.29. The summed E-state index contributed by atoms with van der Waals surface area (Å²) in [5, 5.41) is 1.91. The van der Waals surface area contributed by atoms with Gasteiger partial charge in [0.2, 0.25) is 0 Å². The minimum Gasteiger partial charge on any atom is -0.232 e. The fourth-order valence-electron chi connectivity index (χ4n) is 1.25. The number of rotatable bonds is 4. The first kappa shape index (κ1) is 13.0. The molecule has 1 unspecified atom stereocenters. The molecular formula is C9H9ClN2O2S3. The SMILES string of the molecule is CC(NS(=O)(=O)c1cnc(Cl)s1)c1cccs1. The number of thiophene rings is 1. The van der Waals surface area contributed by atoms with Crippen molar-refractivity contribution in [2.24, 2.45) is 0 Å². The third-order valence-corrected chi connectivity index (χ3v) is 6.19. The van der Waals surface area contributed by atoms with Crippen molar-refractivity contribution in [2.45, 2.75) is 17.2 Å². The third kappa shape index (κ3) is 3.05. The van der Waals surface area contributed by atoms with Gasteiger partial charge in [-0.15, -0.1) is 11.3 Å². The molecule has 0 aliphatic rings. The van der Waals surface area contributed by atoms with Crippen LogP contribution >= 0.6 is 34.3 Å². The number of hydrogen-bond donors (Lipinski definition) is 1. The molecule has 0 radical (unpaired) electrons. The van der Waals surface area contributed by atoms with E-state index in [0.717, 1.165) is 16.2 Å². The van der Waals surface area contributed by atoms with Crippen LogP contribution in [0.25, 0.3) is 0 Å². The smallest absolute Gasteiger partial charge is 0.232 e. The van der Waals surface area contributed by atoms with Gasteiger partial charge in [0.05, 0.1) is 12.2 Å². The summed E-state index contributed by atoms with van der Waals surface area (Å²) in [7, 11) is -3.54. The lowest BCUT2D eigenvalue weighted by Gasteiger charge is -2.10. The van der Waals surface area contributed by atoms with Crippen LogP contribution in [0.5, 0.6) is 0 Å². The predicted molar refractivity (Wildman–Crippen MR) is 70.2 cm³/mol. The van der Waals surface area contributed by atoms with Gasteiger partial charge in [0.1, 0.15) is 0 Å². The van der Waals surface area contributed by atoms with Gasteiger partial charge in [-0.25, -0.2) is 18.1 Å². The van der Waals surface area contributed by atoms with Crippen molar-refractivity contribution in [3.05, 3.63) is 33.1 Å². The molecule has 0 amide bonds. The minimum atomic E-state index is -3.54. The van der Waals surface area contributed by atoms with Crippen molar-refractivity contribution in [3.63, 3.8) is 0 Å². The van der Waals surface area contributed by atoms with Crippen LogP contribution in [0.3, 0.4) is 0 Å². The van der Waals surface area contributed by atoms with E-state index in [1.807, 2.05) is 17.5 Å². The van der Waals surface area contributed by atoms with E-state index in [2.05, 4.69) is 9.71 Å². The van der Waals surface area contributed by atoms with Gasteiger partial charge in [-0.1, -0.05) is 29.0 Å². The molecule has 0 aliphatic carbocycles. The van der Waals surface area contributed by atoms with Gasteiger partial charge in [0.15, 0.2) is 8.68 Å². The Bertz CT molecular complexity index is 592. The van der Waals surface area contributed by atoms with E-state index in [-0.39, 0.29) is 14.7 Å². The zero-order valence-electron chi connectivity index (χ0n) is 8.75. The van der Waals surface area contributed by atoms with Gasteiger partial charge in [-0.05, 0) is 18.4 Å². The number of halogens is 1. The van der Waals surface area contributed by atoms with Crippen LogP contribution in [0.2, 0.25) is 4.47 Å². The quantitative estimate of drug-likeness (QED) is 0.945. The Labute approximate surface area is 112 Å². The van der Waals surface area contributed by atoms with Crippen molar-refractivity contribution in [1.82, 2.24) is 9.71 Å². The molecule has 1 N–H and O–H groups in total. The van der Waals surface area contributed by atoms with E-state index in [9.17, 15) is 8.42 Å². The Hall–Kier alpha value is -0.470. The Morgan fingerprint density at radius 3 is 2.82 bits per heavy atom. The van der Waals surface area contributed by atoms with E-state index in [4.69, 9.17) is 11.6 Å². The Morgan fingerprint density at radius 2 is 2.29 bits per heavy atom. The number of hydrogen-bond acceptors (Lipinski definition) is 5. The molecule has 0 fully saturated rings. The molecule has 0 saturated heterocycles. The van der Waals surface area contributed by atoms with Crippen LogP contribution in [0, 0.1) is 0 Å². The lowest BCUT2D eigenvalue weighted by molar-refractivity contribution is 0.570. The molecule has 4 nitrogen and oxygen atoms in total. The lowest BCUT2D eigenvalue weighted by atomic mass is 10.3. The van der Waals surface area contributed by atoms with E-state index in [0.29, 0.717) is 0 Å². The maximum Gasteiger partial charge on any atom is 0.252 e. The molecule has 1 atom stereocenters. The van der Waals surface area contributed by atoms with Crippen LogP contribution in [0.4, 0.5) is 0 Å². The average molecular weight is 309 g/mol.